The third-order valence-corrected chi connectivity index (χ3v) is 3.79. The molecule has 1 fully saturated rings. The molecule has 15 heavy (non-hydrogen) atoms. The van der Waals surface area contributed by atoms with Crippen LogP contribution in [0.3, 0.4) is 0 Å². The van der Waals surface area contributed by atoms with E-state index in [1.165, 1.54) is 44.2 Å². The molecule has 1 rings (SSSR count). The predicted octanol–water partition coefficient (Wildman–Crippen LogP) is 3.85. The van der Waals surface area contributed by atoms with E-state index in [1.807, 2.05) is 0 Å². The predicted molar refractivity (Wildman–Crippen MR) is 68.1 cm³/mol. The van der Waals surface area contributed by atoms with Crippen LogP contribution in [-0.4, -0.2) is 24.0 Å². The van der Waals surface area contributed by atoms with E-state index in [4.69, 9.17) is 0 Å². The largest absolute Gasteiger partial charge is 0.297 e. The van der Waals surface area contributed by atoms with Crippen molar-refractivity contribution in [1.82, 2.24) is 4.90 Å². The molecule has 1 aliphatic rings. The molecule has 0 spiro atoms. The van der Waals surface area contributed by atoms with Crippen LogP contribution >= 0.6 is 0 Å². The van der Waals surface area contributed by atoms with Gasteiger partial charge in [0.25, 0.3) is 0 Å². The molecule has 0 radical (unpaired) electrons. The normalized spacial score (nSPS) is 26.9. The molecule has 0 N–H and O–H groups in total. The van der Waals surface area contributed by atoms with Crippen LogP contribution in [0.5, 0.6) is 0 Å². The summed E-state index contributed by atoms with van der Waals surface area (Å²) in [5.41, 5.74) is 1.30. The topological polar surface area (TPSA) is 3.24 Å². The smallest absolute Gasteiger partial charge is 0.0190 e. The van der Waals surface area contributed by atoms with Gasteiger partial charge in [0, 0.05) is 12.6 Å². The monoisotopic (exact) mass is 209 g/mol. The van der Waals surface area contributed by atoms with E-state index in [9.17, 15) is 0 Å². The Bertz CT molecular complexity index is 190. The molecule has 0 heterocycles. The molecule has 0 unspecified atom stereocenters. The second kappa shape index (κ2) is 6.32. The summed E-state index contributed by atoms with van der Waals surface area (Å²) in [6, 6.07) is 0.828. The van der Waals surface area contributed by atoms with Gasteiger partial charge in [-0.1, -0.05) is 32.4 Å². The van der Waals surface area contributed by atoms with Crippen molar-refractivity contribution < 1.29 is 0 Å². The van der Waals surface area contributed by atoms with Gasteiger partial charge in [0.2, 0.25) is 0 Å². The lowest BCUT2D eigenvalue weighted by atomic mass is 9.84. The van der Waals surface area contributed by atoms with Gasteiger partial charge in [-0.15, -0.1) is 0 Å². The highest BCUT2D eigenvalue weighted by atomic mass is 15.1. The Kier molecular flexibility index (Phi) is 5.38. The van der Waals surface area contributed by atoms with Gasteiger partial charge in [0.05, 0.1) is 0 Å². The van der Waals surface area contributed by atoms with Gasteiger partial charge in [0.1, 0.15) is 0 Å². The fourth-order valence-corrected chi connectivity index (χ4v) is 2.76. The van der Waals surface area contributed by atoms with Gasteiger partial charge in [-0.3, -0.25) is 4.90 Å². The number of rotatable bonds is 5. The fraction of sp³-hybridized carbons (Fsp3) is 0.857. The van der Waals surface area contributed by atoms with E-state index in [-0.39, 0.29) is 0 Å². The summed E-state index contributed by atoms with van der Waals surface area (Å²) in [4.78, 5) is 2.61. The zero-order chi connectivity index (χ0) is 11.3. The molecule has 1 nitrogen and oxygen atoms in total. The van der Waals surface area contributed by atoms with Gasteiger partial charge >= 0.3 is 0 Å². The van der Waals surface area contributed by atoms with Crippen LogP contribution in [-0.2, 0) is 0 Å². The minimum atomic E-state index is 0.828. The Morgan fingerprint density at radius 2 is 1.80 bits per heavy atom. The number of hydrogen-bond donors (Lipinski definition) is 0. The van der Waals surface area contributed by atoms with E-state index >= 15 is 0 Å². The minimum absolute atomic E-state index is 0.828. The Morgan fingerprint density at radius 3 is 2.20 bits per heavy atom. The van der Waals surface area contributed by atoms with Crippen molar-refractivity contribution in [1.29, 1.82) is 0 Å². The standard InChI is InChI=1S/C14H27N/c1-5-13-7-9-14(10-8-13)15(6-2)11-12(3)4/h13-14H,3,5-11H2,1-2,4H3. The quantitative estimate of drug-likeness (QED) is 0.622. The highest BCUT2D eigenvalue weighted by Gasteiger charge is 2.23. The van der Waals surface area contributed by atoms with E-state index < -0.39 is 0 Å². The Hall–Kier alpha value is -0.300. The van der Waals surface area contributed by atoms with E-state index in [2.05, 4.69) is 32.3 Å². The number of likely N-dealkylation sites (N-methyl/N-ethyl adjacent to an activating group) is 1. The molecule has 1 saturated carbocycles. The first-order valence-electron chi connectivity index (χ1n) is 6.55. The summed E-state index contributed by atoms with van der Waals surface area (Å²) in [7, 11) is 0. The van der Waals surface area contributed by atoms with Gasteiger partial charge in [-0.05, 0) is 45.1 Å². The summed E-state index contributed by atoms with van der Waals surface area (Å²) >= 11 is 0. The number of nitrogens with zero attached hydrogens (tertiary/aromatic N) is 1. The van der Waals surface area contributed by atoms with Crippen molar-refractivity contribution in [2.24, 2.45) is 5.92 Å². The molecule has 0 aliphatic heterocycles. The summed E-state index contributed by atoms with van der Waals surface area (Å²) in [5, 5.41) is 0. The molecule has 0 bridgehead atoms. The van der Waals surface area contributed by atoms with E-state index in [0.29, 0.717) is 0 Å². The Labute approximate surface area is 95.5 Å². The van der Waals surface area contributed by atoms with Crippen LogP contribution in [0.1, 0.15) is 52.9 Å². The average molecular weight is 209 g/mol. The van der Waals surface area contributed by atoms with Crippen molar-refractivity contribution >= 4 is 0 Å². The maximum Gasteiger partial charge on any atom is 0.0190 e. The van der Waals surface area contributed by atoms with Gasteiger partial charge in [-0.25, -0.2) is 0 Å². The van der Waals surface area contributed by atoms with Crippen molar-refractivity contribution in [3.8, 4) is 0 Å². The molecule has 0 aromatic rings. The summed E-state index contributed by atoms with van der Waals surface area (Å²) in [6.45, 7) is 13.0. The lowest BCUT2D eigenvalue weighted by Crippen LogP contribution is -2.38. The van der Waals surface area contributed by atoms with Crippen molar-refractivity contribution in [2.75, 3.05) is 13.1 Å². The maximum absolute atomic E-state index is 4.03. The molecule has 0 amide bonds. The Balaban J connectivity index is 2.39. The van der Waals surface area contributed by atoms with E-state index in [0.717, 1.165) is 18.5 Å². The first-order chi connectivity index (χ1) is 7.17. The van der Waals surface area contributed by atoms with Crippen molar-refractivity contribution in [2.45, 2.75) is 58.9 Å². The van der Waals surface area contributed by atoms with Crippen LogP contribution in [0.2, 0.25) is 0 Å². The molecule has 0 aromatic heterocycles. The highest BCUT2D eigenvalue weighted by molar-refractivity contribution is 4.94. The van der Waals surface area contributed by atoms with E-state index in [1.54, 1.807) is 0 Å². The van der Waals surface area contributed by atoms with Crippen LogP contribution in [0.15, 0.2) is 12.2 Å². The van der Waals surface area contributed by atoms with Crippen molar-refractivity contribution in [3.05, 3.63) is 12.2 Å². The lowest BCUT2D eigenvalue weighted by molar-refractivity contribution is 0.151. The first-order valence-corrected chi connectivity index (χ1v) is 6.55. The summed E-state index contributed by atoms with van der Waals surface area (Å²) in [5.74, 6) is 1.00. The third kappa shape index (κ3) is 3.98. The fourth-order valence-electron chi connectivity index (χ4n) is 2.76. The van der Waals surface area contributed by atoms with Gasteiger partial charge in [-0.2, -0.15) is 0 Å². The van der Waals surface area contributed by atoms with Crippen molar-refractivity contribution in [3.63, 3.8) is 0 Å². The van der Waals surface area contributed by atoms with Gasteiger partial charge in [0.15, 0.2) is 0 Å². The second-order valence-corrected chi connectivity index (χ2v) is 5.10. The van der Waals surface area contributed by atoms with Crippen LogP contribution in [0, 0.1) is 5.92 Å². The summed E-state index contributed by atoms with van der Waals surface area (Å²) < 4.78 is 0. The zero-order valence-corrected chi connectivity index (χ0v) is 10.8. The third-order valence-electron chi connectivity index (χ3n) is 3.79. The molecule has 0 saturated heterocycles. The molecule has 1 heteroatoms. The SMILES string of the molecule is C=C(C)CN(CC)C1CCC(CC)CC1. The van der Waals surface area contributed by atoms with Crippen LogP contribution in [0.25, 0.3) is 0 Å². The molecule has 88 valence electrons. The molecule has 0 atom stereocenters. The second-order valence-electron chi connectivity index (χ2n) is 5.10. The van der Waals surface area contributed by atoms with Crippen LogP contribution in [0.4, 0.5) is 0 Å². The summed E-state index contributed by atoms with van der Waals surface area (Å²) in [6.07, 6.45) is 7.06. The maximum atomic E-state index is 4.03. The average Bonchev–Trinajstić information content (AvgIpc) is 2.26. The first kappa shape index (κ1) is 12.8. The molecule has 1 aliphatic carbocycles. The minimum Gasteiger partial charge on any atom is -0.297 e. The lowest BCUT2D eigenvalue weighted by Gasteiger charge is -2.36. The molecular formula is C14H27N. The highest BCUT2D eigenvalue weighted by Crippen LogP contribution is 2.29. The van der Waals surface area contributed by atoms with Gasteiger partial charge < -0.3 is 0 Å². The molecular weight excluding hydrogens is 182 g/mol. The molecule has 0 aromatic carbocycles. The number of hydrogen-bond acceptors (Lipinski definition) is 1. The zero-order valence-electron chi connectivity index (χ0n) is 10.8. The Morgan fingerprint density at radius 1 is 1.20 bits per heavy atom. The van der Waals surface area contributed by atoms with Crippen LogP contribution < -0.4 is 0 Å².